The maximum absolute atomic E-state index is 12.2. The summed E-state index contributed by atoms with van der Waals surface area (Å²) in [6.07, 6.45) is 5.52. The van der Waals surface area contributed by atoms with Gasteiger partial charge in [-0.05, 0) is 56.2 Å². The Morgan fingerprint density at radius 1 is 1.21 bits per heavy atom. The van der Waals surface area contributed by atoms with Gasteiger partial charge in [0.1, 0.15) is 17.4 Å². The second-order valence-electron chi connectivity index (χ2n) is 7.81. The molecule has 1 aliphatic heterocycles. The molecule has 8 nitrogen and oxygen atoms in total. The number of para-hydroxylation sites is 1. The van der Waals surface area contributed by atoms with Crippen molar-refractivity contribution in [2.24, 2.45) is 0 Å². The highest BCUT2D eigenvalue weighted by atomic mass is 16.8. The molecule has 2 aromatic carbocycles. The second-order valence-corrected chi connectivity index (χ2v) is 7.81. The van der Waals surface area contributed by atoms with Crippen molar-refractivity contribution in [2.45, 2.75) is 32.5 Å². The molecule has 1 aromatic heterocycles. The number of ether oxygens (including phenoxy) is 2. The van der Waals surface area contributed by atoms with Crippen LogP contribution in [0.2, 0.25) is 0 Å². The van der Waals surface area contributed by atoms with Crippen LogP contribution in [-0.2, 0) is 14.4 Å². The average molecular weight is 449 g/mol. The number of aromatic nitrogens is 2. The van der Waals surface area contributed by atoms with E-state index in [1.807, 2.05) is 61.3 Å². The summed E-state index contributed by atoms with van der Waals surface area (Å²) in [5.74, 6) is 1.78. The number of amides is 1. The number of aryl methyl sites for hydroxylation is 1. The fraction of sp³-hybridized carbons (Fsp3) is 0.320. The predicted molar refractivity (Wildman–Crippen MR) is 127 cm³/mol. The van der Waals surface area contributed by atoms with Gasteiger partial charge < -0.3 is 14.4 Å². The van der Waals surface area contributed by atoms with Gasteiger partial charge in [0.05, 0.1) is 12.6 Å². The molecular formula is C25H28N4O4. The summed E-state index contributed by atoms with van der Waals surface area (Å²) in [5.41, 5.74) is 4.96. The number of hydroxylamine groups is 1. The highest BCUT2D eigenvalue weighted by Crippen LogP contribution is 2.32. The van der Waals surface area contributed by atoms with Gasteiger partial charge in [-0.3, -0.25) is 4.79 Å². The van der Waals surface area contributed by atoms with Crippen molar-refractivity contribution in [1.82, 2.24) is 15.4 Å². The summed E-state index contributed by atoms with van der Waals surface area (Å²) in [4.78, 5) is 28.8. The van der Waals surface area contributed by atoms with Crippen molar-refractivity contribution < 1.29 is 19.1 Å². The quantitative estimate of drug-likeness (QED) is 0.426. The molecule has 3 aromatic rings. The molecule has 0 saturated carbocycles. The summed E-state index contributed by atoms with van der Waals surface area (Å²) >= 11 is 0. The van der Waals surface area contributed by atoms with Gasteiger partial charge in [-0.15, -0.1) is 0 Å². The maximum atomic E-state index is 12.2. The normalized spacial score (nSPS) is 16.2. The molecule has 33 heavy (non-hydrogen) atoms. The van der Waals surface area contributed by atoms with E-state index in [2.05, 4.69) is 15.4 Å². The largest absolute Gasteiger partial charge is 0.496 e. The number of fused-ring (bicyclic) bond motifs is 1. The minimum atomic E-state index is -0.395. The van der Waals surface area contributed by atoms with Gasteiger partial charge in [0.25, 0.3) is 5.91 Å². The number of rotatable bonds is 7. The SMILES string of the molecule is COc1ccc(N(C)c2nc(C)nc3ccccc23)cc1/C=C/C(=O)NOC1CCCCO1. The number of hydrogen-bond donors (Lipinski definition) is 1. The van der Waals surface area contributed by atoms with Gasteiger partial charge in [0, 0.05) is 42.8 Å². The first-order chi connectivity index (χ1) is 16.0. The van der Waals surface area contributed by atoms with Crippen LogP contribution in [0.15, 0.2) is 48.5 Å². The Bertz CT molecular complexity index is 1160. The van der Waals surface area contributed by atoms with Gasteiger partial charge in [-0.25, -0.2) is 20.3 Å². The third-order valence-corrected chi connectivity index (χ3v) is 5.46. The van der Waals surface area contributed by atoms with Crippen LogP contribution in [0, 0.1) is 6.92 Å². The van der Waals surface area contributed by atoms with Crippen LogP contribution in [0.5, 0.6) is 5.75 Å². The maximum Gasteiger partial charge on any atom is 0.267 e. The number of nitrogens with zero attached hydrogens (tertiary/aromatic N) is 3. The van der Waals surface area contributed by atoms with Gasteiger partial charge in [-0.2, -0.15) is 0 Å². The Hall–Kier alpha value is -3.49. The number of carbonyl (C=O) groups is 1. The smallest absolute Gasteiger partial charge is 0.267 e. The number of anilines is 2. The molecule has 0 bridgehead atoms. The topological polar surface area (TPSA) is 85.8 Å². The highest BCUT2D eigenvalue weighted by Gasteiger charge is 2.16. The minimum absolute atomic E-state index is 0.373. The lowest BCUT2D eigenvalue weighted by Gasteiger charge is -2.22. The predicted octanol–water partition coefficient (Wildman–Crippen LogP) is 4.30. The fourth-order valence-corrected chi connectivity index (χ4v) is 3.74. The Kier molecular flexibility index (Phi) is 7.16. The molecule has 0 spiro atoms. The molecule has 8 heteroatoms. The van der Waals surface area contributed by atoms with E-state index in [0.717, 1.165) is 47.2 Å². The van der Waals surface area contributed by atoms with E-state index < -0.39 is 6.29 Å². The van der Waals surface area contributed by atoms with Crippen molar-refractivity contribution in [3.05, 3.63) is 59.9 Å². The Morgan fingerprint density at radius 2 is 2.06 bits per heavy atom. The summed E-state index contributed by atoms with van der Waals surface area (Å²) in [7, 11) is 3.55. The zero-order valence-corrected chi connectivity index (χ0v) is 19.1. The van der Waals surface area contributed by atoms with Crippen molar-refractivity contribution in [2.75, 3.05) is 25.7 Å². The number of hydrogen-bond acceptors (Lipinski definition) is 7. The zero-order chi connectivity index (χ0) is 23.2. The van der Waals surface area contributed by atoms with Gasteiger partial charge in [0.15, 0.2) is 6.29 Å². The molecule has 172 valence electrons. The lowest BCUT2D eigenvalue weighted by atomic mass is 10.1. The summed E-state index contributed by atoms with van der Waals surface area (Å²) in [6, 6.07) is 13.7. The third-order valence-electron chi connectivity index (χ3n) is 5.46. The molecule has 2 heterocycles. The van der Waals surface area contributed by atoms with Crippen LogP contribution in [0.1, 0.15) is 30.7 Å². The molecule has 1 atom stereocenters. The zero-order valence-electron chi connectivity index (χ0n) is 19.1. The first kappa shape index (κ1) is 22.7. The van der Waals surface area contributed by atoms with Gasteiger partial charge in [-0.1, -0.05) is 12.1 Å². The summed E-state index contributed by atoms with van der Waals surface area (Å²) < 4.78 is 10.9. The Labute approximate surface area is 193 Å². The fourth-order valence-electron chi connectivity index (χ4n) is 3.74. The molecular weight excluding hydrogens is 420 g/mol. The van der Waals surface area contributed by atoms with Crippen molar-refractivity contribution in [3.8, 4) is 5.75 Å². The van der Waals surface area contributed by atoms with E-state index in [1.54, 1.807) is 13.2 Å². The molecule has 1 saturated heterocycles. The van der Waals surface area contributed by atoms with E-state index in [4.69, 9.17) is 14.3 Å². The van der Waals surface area contributed by atoms with E-state index in [-0.39, 0.29) is 5.91 Å². The van der Waals surface area contributed by atoms with Crippen LogP contribution >= 0.6 is 0 Å². The molecule has 0 aliphatic carbocycles. The van der Waals surface area contributed by atoms with Crippen LogP contribution < -0.4 is 15.1 Å². The van der Waals surface area contributed by atoms with Crippen molar-refractivity contribution in [3.63, 3.8) is 0 Å². The molecule has 1 amide bonds. The van der Waals surface area contributed by atoms with E-state index in [1.165, 1.54) is 6.08 Å². The molecule has 0 radical (unpaired) electrons. The first-order valence-electron chi connectivity index (χ1n) is 11.0. The standard InChI is InChI=1S/C25H28N4O4/c1-17-26-21-9-5-4-8-20(21)25(27-17)29(2)19-12-13-22(31-3)18(16-19)11-14-23(30)28-33-24-10-6-7-15-32-24/h4-5,8-9,11-14,16,24H,6-7,10,15H2,1-3H3,(H,28,30)/b14-11+. The van der Waals surface area contributed by atoms with Crippen LogP contribution in [0.4, 0.5) is 11.5 Å². The monoisotopic (exact) mass is 448 g/mol. The summed E-state index contributed by atoms with van der Waals surface area (Å²) in [6.45, 7) is 2.53. The molecule has 4 rings (SSSR count). The minimum Gasteiger partial charge on any atom is -0.496 e. The van der Waals surface area contributed by atoms with Crippen LogP contribution in [-0.4, -0.2) is 42.9 Å². The van der Waals surface area contributed by atoms with Crippen LogP contribution in [0.25, 0.3) is 17.0 Å². The Balaban J connectivity index is 1.54. The Morgan fingerprint density at radius 3 is 2.85 bits per heavy atom. The number of benzene rings is 2. The summed E-state index contributed by atoms with van der Waals surface area (Å²) in [5, 5.41) is 0.958. The third kappa shape index (κ3) is 5.47. The van der Waals surface area contributed by atoms with Gasteiger partial charge >= 0.3 is 0 Å². The lowest BCUT2D eigenvalue weighted by Crippen LogP contribution is -2.32. The van der Waals surface area contributed by atoms with Crippen molar-refractivity contribution in [1.29, 1.82) is 0 Å². The van der Waals surface area contributed by atoms with Crippen molar-refractivity contribution >= 4 is 34.4 Å². The average Bonchev–Trinajstić information content (AvgIpc) is 2.85. The van der Waals surface area contributed by atoms with E-state index in [9.17, 15) is 4.79 Å². The lowest BCUT2D eigenvalue weighted by molar-refractivity contribution is -0.198. The second kappa shape index (κ2) is 10.4. The number of carbonyl (C=O) groups excluding carboxylic acids is 1. The molecule has 1 aliphatic rings. The van der Waals surface area contributed by atoms with Gasteiger partial charge in [0.2, 0.25) is 0 Å². The number of methoxy groups -OCH3 is 1. The number of nitrogens with one attached hydrogen (secondary N) is 1. The van der Waals surface area contributed by atoms with E-state index in [0.29, 0.717) is 18.2 Å². The van der Waals surface area contributed by atoms with E-state index >= 15 is 0 Å². The highest BCUT2D eigenvalue weighted by molar-refractivity contribution is 5.93. The molecule has 1 fully saturated rings. The van der Waals surface area contributed by atoms with Crippen LogP contribution in [0.3, 0.4) is 0 Å². The molecule has 1 N–H and O–H groups in total. The first-order valence-corrected chi connectivity index (χ1v) is 11.0. The molecule has 1 unspecified atom stereocenters.